The van der Waals surface area contributed by atoms with Crippen LogP contribution in [0.15, 0.2) is 48.5 Å². The quantitative estimate of drug-likeness (QED) is 0.177. The molecular formula is C24H21Cl3NO5S+. The van der Waals surface area contributed by atoms with Crippen LogP contribution in [0.5, 0.6) is 5.75 Å². The van der Waals surface area contributed by atoms with Crippen LogP contribution in [-0.2, 0) is 20.3 Å². The molecule has 0 fully saturated rings. The zero-order chi connectivity index (χ0) is 24.8. The van der Waals surface area contributed by atoms with Crippen molar-refractivity contribution in [1.29, 1.82) is 0 Å². The highest BCUT2D eigenvalue weighted by atomic mass is 35.5. The fraction of sp³-hybridized carbons (Fsp3) is 0.250. The minimum Gasteiger partial charge on any atom is -0.416 e. The van der Waals surface area contributed by atoms with Gasteiger partial charge in [0.1, 0.15) is 0 Å². The first kappa shape index (κ1) is 24.9. The molecule has 0 unspecified atom stereocenters. The van der Waals surface area contributed by atoms with Crippen LogP contribution >= 0.6 is 34.8 Å². The number of halogens is 3. The van der Waals surface area contributed by atoms with E-state index in [4.69, 9.17) is 39.5 Å². The predicted molar refractivity (Wildman–Crippen MR) is 135 cm³/mol. The van der Waals surface area contributed by atoms with Gasteiger partial charge in [0.2, 0.25) is 5.69 Å². The number of benzene rings is 3. The van der Waals surface area contributed by atoms with Crippen molar-refractivity contribution in [2.75, 3.05) is 12.3 Å². The van der Waals surface area contributed by atoms with Gasteiger partial charge in [0.05, 0.1) is 21.2 Å². The van der Waals surface area contributed by atoms with E-state index in [1.807, 2.05) is 50.2 Å². The van der Waals surface area contributed by atoms with E-state index < -0.39 is 27.3 Å². The fourth-order valence-electron chi connectivity index (χ4n) is 4.49. The second kappa shape index (κ2) is 9.13. The van der Waals surface area contributed by atoms with Gasteiger partial charge >= 0.3 is 5.97 Å². The average molecular weight is 542 g/mol. The Hall–Kier alpha value is -2.16. The summed E-state index contributed by atoms with van der Waals surface area (Å²) in [5.41, 5.74) is 1.18. The van der Waals surface area contributed by atoms with E-state index in [1.165, 1.54) is 12.1 Å². The van der Waals surface area contributed by atoms with Crippen molar-refractivity contribution in [3.63, 3.8) is 0 Å². The summed E-state index contributed by atoms with van der Waals surface area (Å²) < 4.78 is 39.2. The van der Waals surface area contributed by atoms with E-state index in [-0.39, 0.29) is 28.8 Å². The van der Waals surface area contributed by atoms with Gasteiger partial charge in [-0.15, -0.1) is 0 Å². The first-order valence-corrected chi connectivity index (χ1v) is 13.1. The van der Waals surface area contributed by atoms with Crippen molar-refractivity contribution >= 4 is 73.1 Å². The van der Waals surface area contributed by atoms with Gasteiger partial charge in [-0.2, -0.15) is 13.0 Å². The summed E-state index contributed by atoms with van der Waals surface area (Å²) in [5, 5.41) is 2.45. The van der Waals surface area contributed by atoms with E-state index in [0.29, 0.717) is 10.7 Å². The molecule has 1 N–H and O–H groups in total. The molecular weight excluding hydrogens is 521 g/mol. The molecule has 0 bridgehead atoms. The van der Waals surface area contributed by atoms with Crippen molar-refractivity contribution in [2.24, 2.45) is 0 Å². The van der Waals surface area contributed by atoms with Crippen LogP contribution in [-0.4, -0.2) is 41.5 Å². The van der Waals surface area contributed by atoms with E-state index in [0.717, 1.165) is 22.0 Å². The Morgan fingerprint density at radius 3 is 2.35 bits per heavy atom. The number of hydrogen-bond donors (Lipinski definition) is 1. The standard InChI is InChI=1S/C24H20Cl3NO5S/c1-24(2)20-16-7-4-3-6-14(16)8-9-19(20)28(10-5-11-34(30,31)32)22(24)23(29)33-21-17(26)12-15(25)13-18(21)27/h3-4,6-9,12-13H,5,10-11H2,1-2H3/p+1. The van der Waals surface area contributed by atoms with Gasteiger partial charge in [0, 0.05) is 23.1 Å². The number of carbonyl (C=O) groups excluding carboxylic acids is 1. The summed E-state index contributed by atoms with van der Waals surface area (Å²) in [4.78, 5) is 13.6. The zero-order valence-electron chi connectivity index (χ0n) is 18.3. The van der Waals surface area contributed by atoms with Crippen LogP contribution in [0, 0.1) is 0 Å². The number of carbonyl (C=O) groups is 1. The van der Waals surface area contributed by atoms with Crippen molar-refractivity contribution in [3.8, 4) is 5.75 Å². The summed E-state index contributed by atoms with van der Waals surface area (Å²) in [5.74, 6) is -1.13. The van der Waals surface area contributed by atoms with Crippen LogP contribution in [0.2, 0.25) is 15.1 Å². The lowest BCUT2D eigenvalue weighted by atomic mass is 9.79. The van der Waals surface area contributed by atoms with Gasteiger partial charge in [-0.25, -0.2) is 4.79 Å². The smallest absolute Gasteiger partial charge is 0.405 e. The Morgan fingerprint density at radius 1 is 1.06 bits per heavy atom. The molecule has 0 saturated heterocycles. The van der Waals surface area contributed by atoms with E-state index >= 15 is 0 Å². The van der Waals surface area contributed by atoms with Gasteiger partial charge in [-0.1, -0.05) is 59.1 Å². The summed E-state index contributed by atoms with van der Waals surface area (Å²) >= 11 is 18.4. The van der Waals surface area contributed by atoms with E-state index in [9.17, 15) is 17.8 Å². The first-order chi connectivity index (χ1) is 15.9. The van der Waals surface area contributed by atoms with E-state index in [2.05, 4.69) is 0 Å². The van der Waals surface area contributed by atoms with E-state index in [1.54, 1.807) is 4.58 Å². The number of hydrogen-bond acceptors (Lipinski definition) is 4. The summed E-state index contributed by atoms with van der Waals surface area (Å²) in [6.07, 6.45) is 0.0976. The van der Waals surface area contributed by atoms with Crippen LogP contribution < -0.4 is 4.74 Å². The lowest BCUT2D eigenvalue weighted by Crippen LogP contribution is -2.39. The van der Waals surface area contributed by atoms with Crippen molar-refractivity contribution < 1.29 is 27.1 Å². The van der Waals surface area contributed by atoms with Gasteiger partial charge in [-0.05, 0) is 42.8 Å². The Kier molecular flexibility index (Phi) is 6.70. The number of nitrogens with zero attached hydrogens (tertiary/aromatic N) is 1. The Balaban J connectivity index is 1.84. The fourth-order valence-corrected chi connectivity index (χ4v) is 5.88. The van der Waals surface area contributed by atoms with Crippen LogP contribution in [0.4, 0.5) is 5.69 Å². The SMILES string of the molecule is CC1(C)C(C(=O)Oc2c(Cl)cc(Cl)cc2Cl)=[N+](CCCS(=O)(=O)O)c2ccc3ccccc3c21. The third kappa shape index (κ3) is 4.68. The minimum atomic E-state index is -4.16. The number of rotatable bonds is 6. The maximum Gasteiger partial charge on any atom is 0.405 e. The highest BCUT2D eigenvalue weighted by Gasteiger charge is 2.51. The lowest BCUT2D eigenvalue weighted by Gasteiger charge is -2.18. The molecule has 0 atom stereocenters. The third-order valence-corrected chi connectivity index (χ3v) is 7.40. The van der Waals surface area contributed by atoms with Gasteiger partial charge in [0.25, 0.3) is 15.8 Å². The maximum absolute atomic E-state index is 13.6. The summed E-state index contributed by atoms with van der Waals surface area (Å²) in [6.45, 7) is 3.98. The molecule has 4 rings (SSSR count). The number of ether oxygens (including phenoxy) is 1. The topological polar surface area (TPSA) is 83.7 Å². The molecule has 178 valence electrons. The predicted octanol–water partition coefficient (Wildman–Crippen LogP) is 6.06. The van der Waals surface area contributed by atoms with Crippen LogP contribution in [0.1, 0.15) is 25.8 Å². The second-order valence-electron chi connectivity index (χ2n) is 8.53. The molecule has 3 aromatic carbocycles. The third-order valence-electron chi connectivity index (χ3n) is 5.82. The lowest BCUT2D eigenvalue weighted by molar-refractivity contribution is -0.437. The molecule has 0 spiro atoms. The Bertz CT molecular complexity index is 1440. The van der Waals surface area contributed by atoms with Gasteiger partial charge < -0.3 is 4.74 Å². The van der Waals surface area contributed by atoms with Crippen molar-refractivity contribution in [3.05, 3.63) is 69.2 Å². The largest absolute Gasteiger partial charge is 0.416 e. The normalized spacial score (nSPS) is 15.0. The molecule has 1 aliphatic rings. The highest BCUT2D eigenvalue weighted by molar-refractivity contribution is 7.85. The molecule has 1 heterocycles. The summed E-state index contributed by atoms with van der Waals surface area (Å²) in [7, 11) is -4.16. The molecule has 0 saturated carbocycles. The van der Waals surface area contributed by atoms with Gasteiger partial charge in [-0.3, -0.25) is 4.55 Å². The van der Waals surface area contributed by atoms with Crippen molar-refractivity contribution in [2.45, 2.75) is 25.7 Å². The summed E-state index contributed by atoms with van der Waals surface area (Å²) in [6, 6.07) is 14.5. The molecule has 1 aliphatic heterocycles. The molecule has 0 amide bonds. The maximum atomic E-state index is 13.6. The van der Waals surface area contributed by atoms with Crippen LogP contribution in [0.3, 0.4) is 0 Å². The molecule has 3 aromatic rings. The Labute approximate surface area is 212 Å². The zero-order valence-corrected chi connectivity index (χ0v) is 21.4. The molecule has 0 radical (unpaired) electrons. The number of esters is 1. The molecule has 10 heteroatoms. The molecule has 0 aliphatic carbocycles. The highest BCUT2D eigenvalue weighted by Crippen LogP contribution is 2.45. The van der Waals surface area contributed by atoms with Gasteiger partial charge in [0.15, 0.2) is 12.3 Å². The Morgan fingerprint density at radius 2 is 1.71 bits per heavy atom. The average Bonchev–Trinajstić information content (AvgIpc) is 2.96. The van der Waals surface area contributed by atoms with Crippen molar-refractivity contribution in [1.82, 2.24) is 0 Å². The second-order valence-corrected chi connectivity index (χ2v) is 11.4. The molecule has 34 heavy (non-hydrogen) atoms. The first-order valence-electron chi connectivity index (χ1n) is 10.4. The molecule has 0 aromatic heterocycles. The molecule has 6 nitrogen and oxygen atoms in total. The monoisotopic (exact) mass is 540 g/mol. The minimum absolute atomic E-state index is 0.0141. The number of fused-ring (bicyclic) bond motifs is 3. The van der Waals surface area contributed by atoms with Crippen LogP contribution in [0.25, 0.3) is 10.8 Å².